The Morgan fingerprint density at radius 2 is 2.20 bits per heavy atom. The van der Waals surface area contributed by atoms with Gasteiger partial charge in [-0.15, -0.1) is 0 Å². The maximum Gasteiger partial charge on any atom is 0.138 e. The minimum absolute atomic E-state index is 0.119. The number of aromatic nitrogens is 1. The molecule has 1 aliphatic carbocycles. The van der Waals surface area contributed by atoms with E-state index >= 15 is 0 Å². The number of hydrogen-bond donors (Lipinski definition) is 0. The molecule has 1 aliphatic rings. The summed E-state index contributed by atoms with van der Waals surface area (Å²) in [4.78, 5) is 4.82. The molecule has 0 bridgehead atoms. The first-order chi connectivity index (χ1) is 9.78. The van der Waals surface area contributed by atoms with Crippen molar-refractivity contribution in [3.8, 4) is 5.75 Å². The van der Waals surface area contributed by atoms with Crippen molar-refractivity contribution in [2.45, 2.75) is 36.8 Å². The summed E-state index contributed by atoms with van der Waals surface area (Å²) in [5.74, 6) is 0.818. The fourth-order valence-electron chi connectivity index (χ4n) is 2.40. The summed E-state index contributed by atoms with van der Waals surface area (Å²) in [6, 6.07) is 10.1. The second-order valence-corrected chi connectivity index (χ2v) is 6.28. The van der Waals surface area contributed by atoms with Crippen molar-refractivity contribution >= 4 is 26.8 Å². The van der Waals surface area contributed by atoms with E-state index in [1.54, 1.807) is 6.20 Å². The van der Waals surface area contributed by atoms with Crippen LogP contribution in [0.2, 0.25) is 0 Å². The van der Waals surface area contributed by atoms with Crippen LogP contribution in [0.5, 0.6) is 5.75 Å². The van der Waals surface area contributed by atoms with Gasteiger partial charge in [-0.1, -0.05) is 41.1 Å². The summed E-state index contributed by atoms with van der Waals surface area (Å²) >= 11 is 3.63. The molecule has 3 rings (SSSR count). The number of fused-ring (bicyclic) bond motifs is 1. The Labute approximate surface area is 127 Å². The normalized spacial score (nSPS) is 25.4. The molecular weight excluding hydrogens is 318 g/mol. The Hall–Kier alpha value is -1.13. The molecule has 0 N–H and O–H groups in total. The van der Waals surface area contributed by atoms with Crippen molar-refractivity contribution in [2.24, 2.45) is 0 Å². The average molecular weight is 336 g/mol. The molecule has 0 radical (unpaired) electrons. The first kappa shape index (κ1) is 13.8. The zero-order chi connectivity index (χ0) is 13.9. The predicted molar refractivity (Wildman–Crippen MR) is 83.5 cm³/mol. The number of rotatable bonds is 5. The first-order valence-corrected chi connectivity index (χ1v) is 7.96. The van der Waals surface area contributed by atoms with Crippen LogP contribution in [0.15, 0.2) is 36.5 Å². The van der Waals surface area contributed by atoms with Crippen LogP contribution in [0.1, 0.15) is 19.8 Å². The maximum atomic E-state index is 6.02. The highest BCUT2D eigenvalue weighted by Gasteiger charge is 2.42. The number of para-hydroxylation sites is 1. The Morgan fingerprint density at radius 1 is 1.35 bits per heavy atom. The highest BCUT2D eigenvalue weighted by atomic mass is 79.9. The number of halogens is 1. The van der Waals surface area contributed by atoms with E-state index in [-0.39, 0.29) is 12.2 Å². The van der Waals surface area contributed by atoms with Gasteiger partial charge in [0.2, 0.25) is 0 Å². The van der Waals surface area contributed by atoms with Crippen LogP contribution in [0.25, 0.3) is 10.9 Å². The number of nitrogens with zero attached hydrogens (tertiary/aromatic N) is 1. The van der Waals surface area contributed by atoms with Gasteiger partial charge in [0.15, 0.2) is 0 Å². The lowest BCUT2D eigenvalue weighted by Gasteiger charge is -2.40. The number of benzene rings is 1. The van der Waals surface area contributed by atoms with E-state index in [0.717, 1.165) is 36.1 Å². The van der Waals surface area contributed by atoms with Gasteiger partial charge in [-0.25, -0.2) is 0 Å². The third-order valence-electron chi connectivity index (χ3n) is 3.55. The van der Waals surface area contributed by atoms with Crippen LogP contribution in [0.4, 0.5) is 0 Å². The fourth-order valence-corrected chi connectivity index (χ4v) is 3.26. The van der Waals surface area contributed by atoms with Gasteiger partial charge in [0, 0.05) is 23.2 Å². The summed E-state index contributed by atoms with van der Waals surface area (Å²) in [5.41, 5.74) is 0.991. The number of hydrogen-bond acceptors (Lipinski definition) is 3. The van der Waals surface area contributed by atoms with Crippen molar-refractivity contribution in [3.05, 3.63) is 36.5 Å². The molecule has 1 saturated carbocycles. The van der Waals surface area contributed by atoms with Gasteiger partial charge in [-0.2, -0.15) is 0 Å². The molecule has 3 unspecified atom stereocenters. The number of ether oxygens (including phenoxy) is 2. The second kappa shape index (κ2) is 6.10. The topological polar surface area (TPSA) is 31.4 Å². The highest BCUT2D eigenvalue weighted by Crippen LogP contribution is 2.34. The molecule has 3 nitrogen and oxygen atoms in total. The monoisotopic (exact) mass is 335 g/mol. The van der Waals surface area contributed by atoms with Crippen LogP contribution in [0.3, 0.4) is 0 Å². The quantitative estimate of drug-likeness (QED) is 0.775. The molecule has 0 amide bonds. The molecular formula is C16H18BrNO2. The second-order valence-electron chi connectivity index (χ2n) is 5.11. The highest BCUT2D eigenvalue weighted by molar-refractivity contribution is 9.09. The minimum Gasteiger partial charge on any atom is -0.486 e. The van der Waals surface area contributed by atoms with E-state index in [1.165, 1.54) is 0 Å². The number of alkyl halides is 1. The van der Waals surface area contributed by atoms with Gasteiger partial charge >= 0.3 is 0 Å². The molecule has 20 heavy (non-hydrogen) atoms. The minimum atomic E-state index is 0.119. The van der Waals surface area contributed by atoms with Gasteiger partial charge in [-0.05, 0) is 18.6 Å². The summed E-state index contributed by atoms with van der Waals surface area (Å²) in [7, 11) is 0. The van der Waals surface area contributed by atoms with E-state index in [9.17, 15) is 0 Å². The van der Waals surface area contributed by atoms with Crippen molar-refractivity contribution in [1.82, 2.24) is 4.98 Å². The average Bonchev–Trinajstić information content (AvgIpc) is 2.47. The third kappa shape index (κ3) is 2.81. The van der Waals surface area contributed by atoms with Crippen LogP contribution in [0, 0.1) is 0 Å². The molecule has 0 saturated heterocycles. The SMILES string of the molecule is CCCOC1C(Br)CC1Oc1cnc2ccccc2c1. The lowest BCUT2D eigenvalue weighted by molar-refractivity contribution is -0.0762. The van der Waals surface area contributed by atoms with Crippen LogP contribution >= 0.6 is 15.9 Å². The molecule has 1 aromatic carbocycles. The molecule has 0 spiro atoms. The zero-order valence-electron chi connectivity index (χ0n) is 11.5. The molecule has 1 heterocycles. The Morgan fingerprint density at radius 3 is 3.00 bits per heavy atom. The summed E-state index contributed by atoms with van der Waals surface area (Å²) in [5, 5.41) is 1.10. The standard InChI is InChI=1S/C16H18BrNO2/c1-2-7-19-16-13(17)9-15(16)20-12-8-11-5-3-4-6-14(11)18-10-12/h3-6,8,10,13,15-16H,2,7,9H2,1H3. The van der Waals surface area contributed by atoms with E-state index in [0.29, 0.717) is 4.83 Å². The molecule has 1 aromatic heterocycles. The largest absolute Gasteiger partial charge is 0.486 e. The van der Waals surface area contributed by atoms with Gasteiger partial charge in [-0.3, -0.25) is 4.98 Å². The van der Waals surface area contributed by atoms with Crippen molar-refractivity contribution in [1.29, 1.82) is 0 Å². The van der Waals surface area contributed by atoms with Gasteiger partial charge in [0.05, 0.1) is 11.7 Å². The lowest BCUT2D eigenvalue weighted by Crippen LogP contribution is -2.52. The van der Waals surface area contributed by atoms with Gasteiger partial charge in [0.25, 0.3) is 0 Å². The maximum absolute atomic E-state index is 6.02. The van der Waals surface area contributed by atoms with E-state index in [1.807, 2.05) is 30.3 Å². The van der Waals surface area contributed by atoms with Gasteiger partial charge < -0.3 is 9.47 Å². The summed E-state index contributed by atoms with van der Waals surface area (Å²) in [6.45, 7) is 2.90. The van der Waals surface area contributed by atoms with Crippen molar-refractivity contribution in [3.63, 3.8) is 0 Å². The predicted octanol–water partition coefficient (Wildman–Crippen LogP) is 3.94. The first-order valence-electron chi connectivity index (χ1n) is 7.05. The van der Waals surface area contributed by atoms with Crippen molar-refractivity contribution in [2.75, 3.05) is 6.61 Å². The Balaban J connectivity index is 1.69. The number of pyridine rings is 1. The summed E-state index contributed by atoms with van der Waals surface area (Å²) < 4.78 is 11.8. The Bertz CT molecular complexity index is 589. The van der Waals surface area contributed by atoms with Crippen molar-refractivity contribution < 1.29 is 9.47 Å². The smallest absolute Gasteiger partial charge is 0.138 e. The molecule has 4 heteroatoms. The van der Waals surface area contributed by atoms with Gasteiger partial charge in [0.1, 0.15) is 18.0 Å². The van der Waals surface area contributed by atoms with E-state index < -0.39 is 0 Å². The lowest BCUT2D eigenvalue weighted by atomic mass is 9.91. The molecule has 106 valence electrons. The zero-order valence-corrected chi connectivity index (χ0v) is 13.0. The molecule has 3 atom stereocenters. The van der Waals surface area contributed by atoms with Crippen LogP contribution < -0.4 is 4.74 Å². The molecule has 1 fully saturated rings. The summed E-state index contributed by atoms with van der Waals surface area (Å²) in [6.07, 6.45) is 4.05. The molecule has 0 aliphatic heterocycles. The van der Waals surface area contributed by atoms with Crippen LogP contribution in [-0.2, 0) is 4.74 Å². The van der Waals surface area contributed by atoms with E-state index in [4.69, 9.17) is 9.47 Å². The third-order valence-corrected chi connectivity index (χ3v) is 4.44. The van der Waals surface area contributed by atoms with Crippen LogP contribution in [-0.4, -0.2) is 28.6 Å². The van der Waals surface area contributed by atoms with E-state index in [2.05, 4.69) is 27.8 Å². The molecule has 2 aromatic rings. The Kier molecular flexibility index (Phi) is 4.22. The fraction of sp³-hybridized carbons (Fsp3) is 0.438.